The van der Waals surface area contributed by atoms with Crippen LogP contribution in [0.3, 0.4) is 0 Å². The topological polar surface area (TPSA) is 68.2 Å². The van der Waals surface area contributed by atoms with Crippen molar-refractivity contribution in [3.63, 3.8) is 0 Å². The Morgan fingerprint density at radius 2 is 2.35 bits per heavy atom. The van der Waals surface area contributed by atoms with E-state index >= 15 is 0 Å². The average Bonchev–Trinajstić information content (AvgIpc) is 2.99. The number of amides is 1. The number of rotatable bonds is 5. The van der Waals surface area contributed by atoms with Crippen LogP contribution in [-0.4, -0.2) is 40.5 Å². The van der Waals surface area contributed by atoms with Crippen LogP contribution in [0.2, 0.25) is 0 Å². The Bertz CT molecular complexity index is 444. The second-order valence-corrected chi connectivity index (χ2v) is 6.24. The van der Waals surface area contributed by atoms with Gasteiger partial charge < -0.3 is 15.4 Å². The van der Waals surface area contributed by atoms with Crippen LogP contribution in [0.1, 0.15) is 33.6 Å². The lowest BCUT2D eigenvalue weighted by atomic mass is 10.1. The van der Waals surface area contributed by atoms with Gasteiger partial charge in [0.15, 0.2) is 0 Å². The summed E-state index contributed by atoms with van der Waals surface area (Å²) in [7, 11) is 0. The molecule has 6 heteroatoms. The zero-order valence-corrected chi connectivity index (χ0v) is 12.5. The van der Waals surface area contributed by atoms with Gasteiger partial charge in [0.2, 0.25) is 5.91 Å². The number of nitrogens with zero attached hydrogens (tertiary/aromatic N) is 2. The molecule has 0 aliphatic carbocycles. The molecular formula is C14H24N4O2. The first-order valence-electron chi connectivity index (χ1n) is 7.11. The molecule has 1 aromatic rings. The molecule has 0 radical (unpaired) electrons. The van der Waals surface area contributed by atoms with E-state index in [1.54, 1.807) is 6.20 Å². The molecule has 0 spiro atoms. The van der Waals surface area contributed by atoms with Crippen LogP contribution in [0.5, 0.6) is 0 Å². The van der Waals surface area contributed by atoms with Gasteiger partial charge >= 0.3 is 0 Å². The summed E-state index contributed by atoms with van der Waals surface area (Å²) in [4.78, 5) is 11.8. The quantitative estimate of drug-likeness (QED) is 0.855. The molecule has 1 aliphatic rings. The van der Waals surface area contributed by atoms with Gasteiger partial charge in [-0.05, 0) is 33.6 Å². The fraction of sp³-hybridized carbons (Fsp3) is 0.714. The average molecular weight is 280 g/mol. The second kappa shape index (κ2) is 6.37. The Morgan fingerprint density at radius 1 is 1.55 bits per heavy atom. The Kier molecular flexibility index (Phi) is 4.77. The van der Waals surface area contributed by atoms with Crippen molar-refractivity contribution < 1.29 is 9.53 Å². The minimum Gasteiger partial charge on any atom is -0.376 e. The zero-order chi connectivity index (χ0) is 14.6. The first-order chi connectivity index (χ1) is 9.42. The largest absolute Gasteiger partial charge is 0.376 e. The van der Waals surface area contributed by atoms with Crippen LogP contribution in [0, 0.1) is 0 Å². The highest BCUT2D eigenvalue weighted by Crippen LogP contribution is 2.14. The summed E-state index contributed by atoms with van der Waals surface area (Å²) in [5.41, 5.74) is 0.658. The van der Waals surface area contributed by atoms with E-state index in [0.717, 1.165) is 31.7 Å². The number of hydrogen-bond donors (Lipinski definition) is 2. The molecule has 2 heterocycles. The molecule has 2 N–H and O–H groups in total. The van der Waals surface area contributed by atoms with Crippen molar-refractivity contribution in [1.29, 1.82) is 0 Å². The molecule has 1 saturated heterocycles. The van der Waals surface area contributed by atoms with E-state index in [4.69, 9.17) is 4.74 Å². The third-order valence-corrected chi connectivity index (χ3v) is 3.11. The van der Waals surface area contributed by atoms with Gasteiger partial charge in [-0.1, -0.05) is 0 Å². The first kappa shape index (κ1) is 15.0. The lowest BCUT2D eigenvalue weighted by molar-refractivity contribution is -0.115. The van der Waals surface area contributed by atoms with Crippen molar-refractivity contribution in [3.8, 4) is 0 Å². The van der Waals surface area contributed by atoms with E-state index in [1.807, 2.05) is 31.6 Å². The van der Waals surface area contributed by atoms with Crippen LogP contribution < -0.4 is 10.6 Å². The number of anilines is 1. The lowest BCUT2D eigenvalue weighted by Crippen LogP contribution is -2.41. The maximum Gasteiger partial charge on any atom is 0.238 e. The monoisotopic (exact) mass is 280 g/mol. The number of carbonyl (C=O) groups excluding carboxylic acids is 1. The Balaban J connectivity index is 1.78. The van der Waals surface area contributed by atoms with Crippen molar-refractivity contribution in [1.82, 2.24) is 15.1 Å². The maximum atomic E-state index is 11.8. The highest BCUT2D eigenvalue weighted by molar-refractivity contribution is 5.91. The molecule has 1 aliphatic heterocycles. The summed E-state index contributed by atoms with van der Waals surface area (Å²) in [6.45, 7) is 7.96. The zero-order valence-electron chi connectivity index (χ0n) is 12.5. The molecule has 0 saturated carbocycles. The molecule has 112 valence electrons. The molecule has 0 bridgehead atoms. The number of carbonyl (C=O) groups is 1. The normalized spacial score (nSPS) is 19.2. The highest BCUT2D eigenvalue weighted by atomic mass is 16.5. The van der Waals surface area contributed by atoms with Crippen LogP contribution in [0.4, 0.5) is 5.69 Å². The highest BCUT2D eigenvalue weighted by Gasteiger charge is 2.17. The molecular weight excluding hydrogens is 256 g/mol. The summed E-state index contributed by atoms with van der Waals surface area (Å²) in [6.07, 6.45) is 5.96. The number of ether oxygens (including phenoxy) is 1. The number of nitrogens with one attached hydrogen (secondary N) is 2. The molecule has 1 unspecified atom stereocenters. The molecule has 20 heavy (non-hydrogen) atoms. The van der Waals surface area contributed by atoms with Gasteiger partial charge in [-0.15, -0.1) is 0 Å². The first-order valence-corrected chi connectivity index (χ1v) is 7.11. The van der Waals surface area contributed by atoms with Gasteiger partial charge in [-0.3, -0.25) is 9.48 Å². The van der Waals surface area contributed by atoms with E-state index in [0.29, 0.717) is 6.54 Å². The van der Waals surface area contributed by atoms with Crippen LogP contribution in [0.15, 0.2) is 12.4 Å². The lowest BCUT2D eigenvalue weighted by Gasteiger charge is -2.19. The predicted molar refractivity (Wildman–Crippen MR) is 77.6 cm³/mol. The standard InChI is InChI=1S/C14H24N4O2/c1-14(2,3)15-8-13(19)17-11-7-16-18(9-11)10-12-5-4-6-20-12/h7,9,12,15H,4-6,8,10H2,1-3H3,(H,17,19). The predicted octanol–water partition coefficient (Wildman–Crippen LogP) is 1.39. The van der Waals surface area contributed by atoms with Crippen LogP contribution in [-0.2, 0) is 16.1 Å². The molecule has 1 atom stereocenters. The van der Waals surface area contributed by atoms with Gasteiger partial charge in [0.05, 0.1) is 31.1 Å². The molecule has 1 amide bonds. The van der Waals surface area contributed by atoms with E-state index in [-0.39, 0.29) is 17.6 Å². The minimum atomic E-state index is -0.0681. The van der Waals surface area contributed by atoms with Crippen molar-refractivity contribution >= 4 is 11.6 Å². The fourth-order valence-electron chi connectivity index (χ4n) is 2.08. The van der Waals surface area contributed by atoms with E-state index in [1.165, 1.54) is 0 Å². The Labute approximate surface area is 119 Å². The van der Waals surface area contributed by atoms with E-state index in [2.05, 4.69) is 15.7 Å². The molecule has 2 rings (SSSR count). The third kappa shape index (κ3) is 4.94. The molecule has 1 fully saturated rings. The summed E-state index contributed by atoms with van der Waals surface area (Å²) >= 11 is 0. The smallest absolute Gasteiger partial charge is 0.238 e. The van der Waals surface area contributed by atoms with E-state index < -0.39 is 0 Å². The number of aromatic nitrogens is 2. The van der Waals surface area contributed by atoms with Crippen molar-refractivity contribution in [3.05, 3.63) is 12.4 Å². The van der Waals surface area contributed by atoms with Crippen molar-refractivity contribution in [2.75, 3.05) is 18.5 Å². The van der Waals surface area contributed by atoms with Gasteiger partial charge in [0.25, 0.3) is 0 Å². The summed E-state index contributed by atoms with van der Waals surface area (Å²) in [5.74, 6) is -0.0587. The number of hydrogen-bond acceptors (Lipinski definition) is 4. The van der Waals surface area contributed by atoms with Crippen LogP contribution >= 0.6 is 0 Å². The van der Waals surface area contributed by atoms with Crippen LogP contribution in [0.25, 0.3) is 0 Å². The molecule has 0 aromatic carbocycles. The Morgan fingerprint density at radius 3 is 3.00 bits per heavy atom. The van der Waals surface area contributed by atoms with Crippen molar-refractivity contribution in [2.45, 2.75) is 51.8 Å². The van der Waals surface area contributed by atoms with E-state index in [9.17, 15) is 4.79 Å². The Hall–Kier alpha value is -1.40. The summed E-state index contributed by atoms with van der Waals surface area (Å²) in [6, 6.07) is 0. The van der Waals surface area contributed by atoms with Crippen molar-refractivity contribution in [2.24, 2.45) is 0 Å². The SMILES string of the molecule is CC(C)(C)NCC(=O)Nc1cnn(CC2CCCO2)c1. The van der Waals surface area contributed by atoms with Gasteiger partial charge in [0, 0.05) is 18.3 Å². The second-order valence-electron chi connectivity index (χ2n) is 6.24. The summed E-state index contributed by atoms with van der Waals surface area (Å²) in [5, 5.41) is 10.2. The van der Waals surface area contributed by atoms with Gasteiger partial charge in [-0.25, -0.2) is 0 Å². The maximum absolute atomic E-state index is 11.8. The molecule has 6 nitrogen and oxygen atoms in total. The minimum absolute atomic E-state index is 0.0587. The fourth-order valence-corrected chi connectivity index (χ4v) is 2.08. The van der Waals surface area contributed by atoms with Gasteiger partial charge in [-0.2, -0.15) is 5.10 Å². The van der Waals surface area contributed by atoms with Gasteiger partial charge in [0.1, 0.15) is 0 Å². The molecule has 1 aromatic heterocycles. The third-order valence-electron chi connectivity index (χ3n) is 3.11. The summed E-state index contributed by atoms with van der Waals surface area (Å²) < 4.78 is 7.39.